The van der Waals surface area contributed by atoms with Crippen molar-refractivity contribution in [2.75, 3.05) is 5.32 Å². The molecule has 90 valence electrons. The lowest BCUT2D eigenvalue weighted by atomic mass is 10.2. The van der Waals surface area contributed by atoms with Gasteiger partial charge in [-0.3, -0.25) is 0 Å². The van der Waals surface area contributed by atoms with E-state index in [1.54, 1.807) is 6.07 Å². The van der Waals surface area contributed by atoms with Crippen LogP contribution in [0.25, 0.3) is 0 Å². The second-order valence-electron chi connectivity index (χ2n) is 3.53. The highest BCUT2D eigenvalue weighted by Gasteiger charge is 2.06. The standard InChI is InChI=1S/C13H7Br2ClN2/c14-10-2-1-3-13(9(10)7-17)18-8-4-5-11(15)12(16)6-8/h1-6,18H. The molecule has 0 amide bonds. The van der Waals surface area contributed by atoms with Gasteiger partial charge in [-0.1, -0.05) is 17.7 Å². The summed E-state index contributed by atoms with van der Waals surface area (Å²) in [6, 6.07) is 13.2. The fourth-order valence-electron chi connectivity index (χ4n) is 1.47. The maximum Gasteiger partial charge on any atom is 0.103 e. The van der Waals surface area contributed by atoms with E-state index in [0.717, 1.165) is 20.3 Å². The number of halogens is 3. The highest BCUT2D eigenvalue weighted by molar-refractivity contribution is 9.10. The van der Waals surface area contributed by atoms with Crippen molar-refractivity contribution < 1.29 is 0 Å². The first-order valence-electron chi connectivity index (χ1n) is 5.02. The van der Waals surface area contributed by atoms with E-state index in [1.165, 1.54) is 0 Å². The summed E-state index contributed by atoms with van der Waals surface area (Å²) in [4.78, 5) is 0. The van der Waals surface area contributed by atoms with Gasteiger partial charge in [0, 0.05) is 14.6 Å². The zero-order chi connectivity index (χ0) is 13.1. The van der Waals surface area contributed by atoms with Crippen LogP contribution in [0.5, 0.6) is 0 Å². The van der Waals surface area contributed by atoms with Crippen molar-refractivity contribution in [2.45, 2.75) is 0 Å². The summed E-state index contributed by atoms with van der Waals surface area (Å²) in [5.74, 6) is 0. The molecule has 0 heterocycles. The number of nitrogens with zero attached hydrogens (tertiary/aromatic N) is 1. The minimum absolute atomic E-state index is 0.566. The molecule has 0 fully saturated rings. The fourth-order valence-corrected chi connectivity index (χ4v) is 2.35. The van der Waals surface area contributed by atoms with Crippen LogP contribution in [0.3, 0.4) is 0 Å². The smallest absolute Gasteiger partial charge is 0.103 e. The molecule has 0 radical (unpaired) electrons. The van der Waals surface area contributed by atoms with E-state index in [1.807, 2.05) is 30.3 Å². The molecule has 1 N–H and O–H groups in total. The Morgan fingerprint density at radius 1 is 1.11 bits per heavy atom. The molecule has 0 spiro atoms. The molecule has 0 aliphatic heterocycles. The fraction of sp³-hybridized carbons (Fsp3) is 0. The van der Waals surface area contributed by atoms with E-state index >= 15 is 0 Å². The highest BCUT2D eigenvalue weighted by Crippen LogP contribution is 2.30. The van der Waals surface area contributed by atoms with Gasteiger partial charge in [-0.05, 0) is 62.2 Å². The van der Waals surface area contributed by atoms with Crippen LogP contribution in [0.4, 0.5) is 11.4 Å². The molecular weight excluding hydrogens is 379 g/mol. The minimum Gasteiger partial charge on any atom is -0.354 e. The van der Waals surface area contributed by atoms with E-state index in [-0.39, 0.29) is 0 Å². The first-order valence-corrected chi connectivity index (χ1v) is 6.99. The first kappa shape index (κ1) is 13.4. The van der Waals surface area contributed by atoms with Crippen molar-refractivity contribution in [3.05, 3.63) is 55.9 Å². The number of benzene rings is 2. The Morgan fingerprint density at radius 2 is 1.89 bits per heavy atom. The summed E-state index contributed by atoms with van der Waals surface area (Å²) in [5, 5.41) is 12.9. The molecule has 0 atom stereocenters. The lowest BCUT2D eigenvalue weighted by Crippen LogP contribution is -1.94. The monoisotopic (exact) mass is 384 g/mol. The third kappa shape index (κ3) is 2.86. The summed E-state index contributed by atoms with van der Waals surface area (Å²) >= 11 is 12.7. The van der Waals surface area contributed by atoms with Gasteiger partial charge in [0.25, 0.3) is 0 Å². The average molecular weight is 386 g/mol. The predicted octanol–water partition coefficient (Wildman–Crippen LogP) is 5.48. The molecule has 0 bridgehead atoms. The number of rotatable bonds is 2. The number of hydrogen-bond acceptors (Lipinski definition) is 2. The Balaban J connectivity index is 2.37. The second kappa shape index (κ2) is 5.75. The van der Waals surface area contributed by atoms with Gasteiger partial charge in [0.05, 0.1) is 16.3 Å². The van der Waals surface area contributed by atoms with Gasteiger partial charge in [0.15, 0.2) is 0 Å². The zero-order valence-corrected chi connectivity index (χ0v) is 13.0. The number of nitrogens with one attached hydrogen (secondary N) is 1. The molecule has 0 saturated heterocycles. The van der Waals surface area contributed by atoms with Crippen molar-refractivity contribution in [2.24, 2.45) is 0 Å². The highest BCUT2D eigenvalue weighted by atomic mass is 79.9. The SMILES string of the molecule is N#Cc1c(Br)cccc1Nc1ccc(Br)c(Cl)c1. The van der Waals surface area contributed by atoms with Gasteiger partial charge in [0.1, 0.15) is 6.07 Å². The van der Waals surface area contributed by atoms with E-state index in [4.69, 9.17) is 16.9 Å². The van der Waals surface area contributed by atoms with Gasteiger partial charge >= 0.3 is 0 Å². The Morgan fingerprint density at radius 3 is 2.56 bits per heavy atom. The third-order valence-corrected chi connectivity index (χ3v) is 4.22. The normalized spacial score (nSPS) is 9.89. The van der Waals surface area contributed by atoms with Gasteiger partial charge in [-0.2, -0.15) is 5.26 Å². The molecule has 0 saturated carbocycles. The van der Waals surface area contributed by atoms with Crippen LogP contribution in [0.15, 0.2) is 45.3 Å². The van der Waals surface area contributed by atoms with Gasteiger partial charge < -0.3 is 5.32 Å². The maximum absolute atomic E-state index is 9.12. The van der Waals surface area contributed by atoms with Gasteiger partial charge in [0.2, 0.25) is 0 Å². The van der Waals surface area contributed by atoms with E-state index < -0.39 is 0 Å². The van der Waals surface area contributed by atoms with Crippen LogP contribution in [0.2, 0.25) is 5.02 Å². The van der Waals surface area contributed by atoms with Crippen LogP contribution in [0.1, 0.15) is 5.56 Å². The van der Waals surface area contributed by atoms with Crippen molar-refractivity contribution in [1.82, 2.24) is 0 Å². The Hall–Kier alpha value is -1.02. The van der Waals surface area contributed by atoms with E-state index in [9.17, 15) is 0 Å². The molecule has 2 rings (SSSR count). The molecule has 2 nitrogen and oxygen atoms in total. The summed E-state index contributed by atoms with van der Waals surface area (Å²) in [7, 11) is 0. The van der Waals surface area contributed by atoms with Crippen molar-refractivity contribution in [3.63, 3.8) is 0 Å². The zero-order valence-electron chi connectivity index (χ0n) is 9.05. The van der Waals surface area contributed by atoms with Crippen LogP contribution < -0.4 is 5.32 Å². The topological polar surface area (TPSA) is 35.8 Å². The minimum atomic E-state index is 0.566. The largest absolute Gasteiger partial charge is 0.354 e. The van der Waals surface area contributed by atoms with Crippen LogP contribution >= 0.6 is 43.5 Å². The molecule has 2 aromatic rings. The summed E-state index contributed by atoms with van der Waals surface area (Å²) in [6.07, 6.45) is 0. The summed E-state index contributed by atoms with van der Waals surface area (Å²) in [5.41, 5.74) is 2.14. The summed E-state index contributed by atoms with van der Waals surface area (Å²) < 4.78 is 1.60. The molecule has 2 aromatic carbocycles. The number of nitriles is 1. The summed E-state index contributed by atoms with van der Waals surface area (Å²) in [6.45, 7) is 0. The quantitative estimate of drug-likeness (QED) is 0.742. The van der Waals surface area contributed by atoms with Crippen LogP contribution in [0, 0.1) is 11.3 Å². The first-order chi connectivity index (χ1) is 8.61. The molecule has 0 aliphatic carbocycles. The van der Waals surface area contributed by atoms with E-state index in [2.05, 4.69) is 43.2 Å². The Labute approximate surface area is 127 Å². The van der Waals surface area contributed by atoms with Crippen molar-refractivity contribution in [1.29, 1.82) is 5.26 Å². The lowest BCUT2D eigenvalue weighted by molar-refractivity contribution is 1.44. The van der Waals surface area contributed by atoms with Crippen molar-refractivity contribution >= 4 is 54.8 Å². The Bertz CT molecular complexity index is 635. The van der Waals surface area contributed by atoms with Gasteiger partial charge in [-0.15, -0.1) is 0 Å². The number of hydrogen-bond donors (Lipinski definition) is 1. The average Bonchev–Trinajstić information content (AvgIpc) is 2.34. The maximum atomic E-state index is 9.12. The molecule has 0 aliphatic rings. The molecule has 0 aromatic heterocycles. The second-order valence-corrected chi connectivity index (χ2v) is 5.64. The molecule has 5 heteroatoms. The Kier molecular flexibility index (Phi) is 4.28. The van der Waals surface area contributed by atoms with Crippen LogP contribution in [-0.2, 0) is 0 Å². The predicted molar refractivity (Wildman–Crippen MR) is 81.3 cm³/mol. The molecule has 0 unspecified atom stereocenters. The van der Waals surface area contributed by atoms with Crippen molar-refractivity contribution in [3.8, 4) is 6.07 Å². The lowest BCUT2D eigenvalue weighted by Gasteiger charge is -2.10. The third-order valence-electron chi connectivity index (χ3n) is 2.32. The number of anilines is 2. The van der Waals surface area contributed by atoms with E-state index in [0.29, 0.717) is 10.6 Å². The van der Waals surface area contributed by atoms with Gasteiger partial charge in [-0.25, -0.2) is 0 Å². The molecule has 18 heavy (non-hydrogen) atoms. The molecular formula is C13H7Br2ClN2. The van der Waals surface area contributed by atoms with Crippen LogP contribution in [-0.4, -0.2) is 0 Å².